The summed E-state index contributed by atoms with van der Waals surface area (Å²) in [5.41, 5.74) is 1.33. The van der Waals surface area contributed by atoms with Crippen LogP contribution in [0.3, 0.4) is 0 Å². The number of thiocarbonyl (C=S) groups is 1. The first-order valence-electron chi connectivity index (χ1n) is 12.0. The number of benzene rings is 1. The van der Waals surface area contributed by atoms with Crippen molar-refractivity contribution in [3.8, 4) is 11.9 Å². The van der Waals surface area contributed by atoms with Crippen LogP contribution in [0.1, 0.15) is 58.8 Å². The zero-order chi connectivity index (χ0) is 27.1. The Kier molecular flexibility index (Phi) is 9.80. The van der Waals surface area contributed by atoms with E-state index >= 15 is 0 Å². The van der Waals surface area contributed by atoms with Gasteiger partial charge in [-0.2, -0.15) is 5.26 Å². The minimum Gasteiger partial charge on any atom is -0.494 e. The Balaban J connectivity index is 1.71. The quantitative estimate of drug-likeness (QED) is 0.194. The predicted molar refractivity (Wildman–Crippen MR) is 148 cm³/mol. The molecule has 0 atom stereocenters. The van der Waals surface area contributed by atoms with Gasteiger partial charge in [0.15, 0.2) is 5.78 Å². The average Bonchev–Trinajstić information content (AvgIpc) is 3.12. The fourth-order valence-corrected chi connectivity index (χ4v) is 5.30. The zero-order valence-corrected chi connectivity index (χ0v) is 22.7. The van der Waals surface area contributed by atoms with Crippen molar-refractivity contribution in [1.29, 1.82) is 5.26 Å². The van der Waals surface area contributed by atoms with Crippen LogP contribution < -0.4 is 5.56 Å². The predicted octanol–water partition coefficient (Wildman–Crippen LogP) is 4.33. The number of aryl methyl sites for hydroxylation is 1. The van der Waals surface area contributed by atoms with Crippen LogP contribution in [0.25, 0.3) is 6.08 Å². The van der Waals surface area contributed by atoms with Gasteiger partial charge in [-0.05, 0) is 50.8 Å². The topological polar surface area (TPSA) is 113 Å². The molecule has 8 nitrogen and oxygen atoms in total. The Hall–Kier alpha value is -3.26. The van der Waals surface area contributed by atoms with E-state index in [4.69, 9.17) is 17.0 Å². The maximum absolute atomic E-state index is 13.1. The van der Waals surface area contributed by atoms with E-state index in [2.05, 4.69) is 0 Å². The molecule has 1 aliphatic heterocycles. The van der Waals surface area contributed by atoms with Crippen LogP contribution in [0.2, 0.25) is 0 Å². The van der Waals surface area contributed by atoms with E-state index in [0.29, 0.717) is 35.3 Å². The summed E-state index contributed by atoms with van der Waals surface area (Å²) in [5.74, 6) is -1.07. The largest absolute Gasteiger partial charge is 0.494 e. The molecule has 0 saturated carbocycles. The van der Waals surface area contributed by atoms with Crippen molar-refractivity contribution >= 4 is 46.1 Å². The second-order valence-corrected chi connectivity index (χ2v) is 10.3. The highest BCUT2D eigenvalue weighted by Crippen LogP contribution is 2.33. The molecule has 1 saturated heterocycles. The SMILES string of the molecule is CCOCCCn1c(O)c(C(=O)CCCN2C(=O)/C(=C/c3ccc(C)cc3)SC2=S)c(C)c(C#N)c1=O. The maximum Gasteiger partial charge on any atom is 0.271 e. The average molecular weight is 540 g/mol. The highest BCUT2D eigenvalue weighted by molar-refractivity contribution is 8.26. The summed E-state index contributed by atoms with van der Waals surface area (Å²) in [4.78, 5) is 40.7. The van der Waals surface area contributed by atoms with Gasteiger partial charge in [0.2, 0.25) is 5.88 Å². The highest BCUT2D eigenvalue weighted by Gasteiger charge is 2.32. The number of nitrogens with zero attached hydrogens (tertiary/aromatic N) is 3. The third kappa shape index (κ3) is 6.55. The van der Waals surface area contributed by atoms with Crippen LogP contribution in [-0.4, -0.2) is 50.3 Å². The summed E-state index contributed by atoms with van der Waals surface area (Å²) in [6.07, 6.45) is 2.54. The van der Waals surface area contributed by atoms with Crippen molar-refractivity contribution in [2.24, 2.45) is 0 Å². The Labute approximate surface area is 225 Å². The van der Waals surface area contributed by atoms with E-state index in [9.17, 15) is 24.8 Å². The first-order valence-corrected chi connectivity index (χ1v) is 13.2. The standard InChI is InChI=1S/C27H29N3O5S2/c1-4-35-14-6-13-29-24(32)20(16-28)18(3)23(26(29)34)21(31)7-5-12-30-25(33)22(37-27(30)36)15-19-10-8-17(2)9-11-19/h8-11,15,34H,4-7,12-14H2,1-3H3/b22-15-. The number of thioether (sulfide) groups is 1. The molecule has 37 heavy (non-hydrogen) atoms. The van der Waals surface area contributed by atoms with Crippen molar-refractivity contribution in [2.75, 3.05) is 19.8 Å². The molecule has 1 amide bonds. The van der Waals surface area contributed by atoms with Crippen molar-refractivity contribution in [1.82, 2.24) is 9.47 Å². The Morgan fingerprint density at radius 2 is 1.89 bits per heavy atom. The van der Waals surface area contributed by atoms with E-state index in [1.807, 2.05) is 44.2 Å². The summed E-state index contributed by atoms with van der Waals surface area (Å²) in [6, 6.07) is 9.66. The number of rotatable bonds is 11. The number of aromatic nitrogens is 1. The van der Waals surface area contributed by atoms with E-state index in [1.54, 1.807) is 6.08 Å². The van der Waals surface area contributed by atoms with Gasteiger partial charge in [0.25, 0.3) is 11.5 Å². The van der Waals surface area contributed by atoms with Crippen LogP contribution in [0, 0.1) is 25.2 Å². The molecule has 1 fully saturated rings. The van der Waals surface area contributed by atoms with Crippen molar-refractivity contribution in [3.63, 3.8) is 0 Å². The monoisotopic (exact) mass is 539 g/mol. The molecule has 3 rings (SSSR count). The number of carbonyl (C=O) groups excluding carboxylic acids is 2. The lowest BCUT2D eigenvalue weighted by Gasteiger charge is -2.17. The number of hydrogen-bond acceptors (Lipinski definition) is 8. The normalized spacial score (nSPS) is 14.4. The fourth-order valence-electron chi connectivity index (χ4n) is 3.99. The van der Waals surface area contributed by atoms with Crippen LogP contribution in [0.4, 0.5) is 0 Å². The summed E-state index contributed by atoms with van der Waals surface area (Å²) < 4.78 is 6.75. The molecule has 194 valence electrons. The lowest BCUT2D eigenvalue weighted by atomic mass is 9.99. The second-order valence-electron chi connectivity index (χ2n) is 8.59. The van der Waals surface area contributed by atoms with Gasteiger partial charge in [-0.1, -0.05) is 53.8 Å². The van der Waals surface area contributed by atoms with Gasteiger partial charge < -0.3 is 9.84 Å². The van der Waals surface area contributed by atoms with Crippen molar-refractivity contribution in [3.05, 3.63) is 67.3 Å². The maximum atomic E-state index is 13.1. The van der Waals surface area contributed by atoms with Gasteiger partial charge in [0, 0.05) is 32.7 Å². The molecule has 1 aromatic heterocycles. The van der Waals surface area contributed by atoms with Gasteiger partial charge in [-0.15, -0.1) is 0 Å². The highest BCUT2D eigenvalue weighted by atomic mass is 32.2. The molecule has 1 aromatic carbocycles. The zero-order valence-electron chi connectivity index (χ0n) is 21.1. The lowest BCUT2D eigenvalue weighted by molar-refractivity contribution is -0.122. The third-order valence-electron chi connectivity index (χ3n) is 5.99. The number of Topliss-reactive ketones (excluding diaryl/α,β-unsaturated/α-hetero) is 1. The van der Waals surface area contributed by atoms with Gasteiger partial charge >= 0.3 is 0 Å². The van der Waals surface area contributed by atoms with Crippen molar-refractivity contribution < 1.29 is 19.4 Å². The van der Waals surface area contributed by atoms with Crippen LogP contribution in [0.15, 0.2) is 34.0 Å². The summed E-state index contributed by atoms with van der Waals surface area (Å²) in [7, 11) is 0. The molecule has 1 N–H and O–H groups in total. The number of pyridine rings is 1. The molecule has 0 radical (unpaired) electrons. The van der Waals surface area contributed by atoms with E-state index < -0.39 is 17.2 Å². The first-order chi connectivity index (χ1) is 17.7. The third-order valence-corrected chi connectivity index (χ3v) is 7.37. The van der Waals surface area contributed by atoms with Crippen LogP contribution >= 0.6 is 24.0 Å². The summed E-state index contributed by atoms with van der Waals surface area (Å²) in [6.45, 7) is 6.57. The van der Waals surface area contributed by atoms with E-state index in [-0.39, 0.29) is 42.1 Å². The molecule has 0 unspecified atom stereocenters. The number of nitriles is 1. The minimum absolute atomic E-state index is 0.00445. The number of carbonyl (C=O) groups is 2. The van der Waals surface area contributed by atoms with E-state index in [1.165, 1.54) is 23.6 Å². The van der Waals surface area contributed by atoms with Crippen LogP contribution in [0.5, 0.6) is 5.88 Å². The molecule has 0 bridgehead atoms. The number of ketones is 1. The fraction of sp³-hybridized carbons (Fsp3) is 0.370. The Morgan fingerprint density at radius 1 is 1.19 bits per heavy atom. The summed E-state index contributed by atoms with van der Waals surface area (Å²) >= 11 is 6.61. The van der Waals surface area contributed by atoms with Gasteiger partial charge in [0.05, 0.1) is 10.5 Å². The molecule has 0 spiro atoms. The molecule has 0 aliphatic carbocycles. The van der Waals surface area contributed by atoms with E-state index in [0.717, 1.165) is 15.7 Å². The van der Waals surface area contributed by atoms with Crippen LogP contribution in [-0.2, 0) is 16.1 Å². The summed E-state index contributed by atoms with van der Waals surface area (Å²) in [5, 5.41) is 20.3. The number of hydrogen-bond donors (Lipinski definition) is 1. The number of aromatic hydroxyl groups is 1. The molecule has 2 heterocycles. The van der Waals surface area contributed by atoms with Crippen molar-refractivity contribution in [2.45, 2.75) is 46.6 Å². The molecule has 2 aromatic rings. The van der Waals surface area contributed by atoms with Gasteiger partial charge in [-0.3, -0.25) is 23.9 Å². The van der Waals surface area contributed by atoms with Gasteiger partial charge in [0.1, 0.15) is 16.0 Å². The Morgan fingerprint density at radius 3 is 2.54 bits per heavy atom. The van der Waals surface area contributed by atoms with Gasteiger partial charge in [-0.25, -0.2) is 0 Å². The smallest absolute Gasteiger partial charge is 0.271 e. The Bertz CT molecular complexity index is 1340. The minimum atomic E-state index is -0.636. The number of amides is 1. The molecule has 1 aliphatic rings. The lowest BCUT2D eigenvalue weighted by Crippen LogP contribution is -2.30. The number of ether oxygens (including phenoxy) is 1. The molecule has 10 heteroatoms. The molecular formula is C27H29N3O5S2. The molecular weight excluding hydrogens is 510 g/mol. The first kappa shape index (κ1) is 28.3. The second kappa shape index (κ2) is 12.8.